The van der Waals surface area contributed by atoms with Crippen LogP contribution in [0.25, 0.3) is 0 Å². The molecule has 16 heavy (non-hydrogen) atoms. The molecule has 2 nitrogen and oxygen atoms in total. The van der Waals surface area contributed by atoms with Gasteiger partial charge in [-0.25, -0.2) is 0 Å². The summed E-state index contributed by atoms with van der Waals surface area (Å²) in [5, 5.41) is 0. The van der Waals surface area contributed by atoms with E-state index in [4.69, 9.17) is 4.74 Å². The molecule has 0 rings (SSSR count). The topological polar surface area (TPSA) is 26.3 Å². The second kappa shape index (κ2) is 10.5. The van der Waals surface area contributed by atoms with Crippen molar-refractivity contribution in [2.75, 3.05) is 6.61 Å². The monoisotopic (exact) mass is 224 g/mol. The Kier molecular flexibility index (Phi) is 9.78. The largest absolute Gasteiger partial charge is 0.461 e. The Balaban J connectivity index is 3.44. The predicted molar refractivity (Wildman–Crippen MR) is 68.2 cm³/mol. The molecular formula is C14H24O2. The van der Waals surface area contributed by atoms with Gasteiger partial charge in [0.15, 0.2) is 0 Å². The fourth-order valence-electron chi connectivity index (χ4n) is 1.12. The molecule has 0 unspecified atom stereocenters. The van der Waals surface area contributed by atoms with E-state index in [1.165, 1.54) is 19.3 Å². The Morgan fingerprint density at radius 1 is 1.19 bits per heavy atom. The van der Waals surface area contributed by atoms with E-state index in [0.717, 1.165) is 6.42 Å². The lowest BCUT2D eigenvalue weighted by Gasteiger charge is -2.02. The van der Waals surface area contributed by atoms with Crippen LogP contribution in [0.15, 0.2) is 24.3 Å². The molecule has 0 spiro atoms. The van der Waals surface area contributed by atoms with Crippen molar-refractivity contribution in [3.05, 3.63) is 24.3 Å². The Morgan fingerprint density at radius 2 is 1.88 bits per heavy atom. The average Bonchev–Trinajstić information content (AvgIpc) is 2.26. The lowest BCUT2D eigenvalue weighted by molar-refractivity contribution is -0.146. The van der Waals surface area contributed by atoms with E-state index in [2.05, 4.69) is 13.0 Å². The molecule has 0 aliphatic carbocycles. The molecule has 0 atom stereocenters. The molecule has 0 aromatic carbocycles. The first-order valence-electron chi connectivity index (χ1n) is 6.16. The highest BCUT2D eigenvalue weighted by Gasteiger charge is 2.05. The van der Waals surface area contributed by atoms with Crippen molar-refractivity contribution in [3.8, 4) is 0 Å². The van der Waals surface area contributed by atoms with Crippen LogP contribution >= 0.6 is 0 Å². The van der Waals surface area contributed by atoms with Crippen LogP contribution in [0.1, 0.15) is 46.5 Å². The predicted octanol–water partition coefficient (Wildman–Crippen LogP) is 3.88. The number of hydrogen-bond donors (Lipinski definition) is 0. The van der Waals surface area contributed by atoms with Gasteiger partial charge in [-0.15, -0.1) is 0 Å². The molecule has 92 valence electrons. The zero-order chi connectivity index (χ0) is 12.2. The van der Waals surface area contributed by atoms with Crippen molar-refractivity contribution < 1.29 is 9.53 Å². The van der Waals surface area contributed by atoms with Gasteiger partial charge in [0.05, 0.1) is 5.92 Å². The number of ether oxygens (including phenoxy) is 1. The molecule has 0 aromatic rings. The van der Waals surface area contributed by atoms with E-state index < -0.39 is 0 Å². The molecule has 0 saturated carbocycles. The quantitative estimate of drug-likeness (QED) is 0.355. The van der Waals surface area contributed by atoms with Gasteiger partial charge in [0.1, 0.15) is 6.61 Å². The highest BCUT2D eigenvalue weighted by Crippen LogP contribution is 1.99. The van der Waals surface area contributed by atoms with Crippen molar-refractivity contribution in [2.24, 2.45) is 5.92 Å². The van der Waals surface area contributed by atoms with Crippen molar-refractivity contribution in [1.29, 1.82) is 0 Å². The van der Waals surface area contributed by atoms with E-state index in [1.54, 1.807) is 0 Å². The first-order valence-corrected chi connectivity index (χ1v) is 6.16. The summed E-state index contributed by atoms with van der Waals surface area (Å²) in [6.45, 7) is 6.24. The molecule has 2 heteroatoms. The number of carbonyl (C=O) groups is 1. The Bertz CT molecular complexity index is 227. The van der Waals surface area contributed by atoms with Crippen molar-refractivity contribution in [3.63, 3.8) is 0 Å². The number of esters is 1. The average molecular weight is 224 g/mol. The minimum atomic E-state index is -0.142. The minimum Gasteiger partial charge on any atom is -0.461 e. The van der Waals surface area contributed by atoms with Crippen LogP contribution in [0.2, 0.25) is 0 Å². The van der Waals surface area contributed by atoms with Gasteiger partial charge in [-0.1, -0.05) is 51.8 Å². The zero-order valence-corrected chi connectivity index (χ0v) is 10.7. The minimum absolute atomic E-state index is 0.0435. The van der Waals surface area contributed by atoms with Crippen molar-refractivity contribution >= 4 is 5.97 Å². The third-order valence-corrected chi connectivity index (χ3v) is 2.15. The van der Waals surface area contributed by atoms with Gasteiger partial charge < -0.3 is 4.74 Å². The molecule has 0 aliphatic heterocycles. The first kappa shape index (κ1) is 14.9. The maximum atomic E-state index is 11.1. The molecule has 0 N–H and O–H groups in total. The molecular weight excluding hydrogens is 200 g/mol. The van der Waals surface area contributed by atoms with E-state index in [0.29, 0.717) is 6.61 Å². The summed E-state index contributed by atoms with van der Waals surface area (Å²) < 4.78 is 4.99. The molecule has 0 bridgehead atoms. The van der Waals surface area contributed by atoms with Crippen LogP contribution in [0, 0.1) is 5.92 Å². The lowest BCUT2D eigenvalue weighted by atomic mass is 10.2. The summed E-state index contributed by atoms with van der Waals surface area (Å²) in [7, 11) is 0. The van der Waals surface area contributed by atoms with Gasteiger partial charge in [-0.3, -0.25) is 4.79 Å². The second-order valence-electron chi connectivity index (χ2n) is 4.14. The number of allylic oxidation sites excluding steroid dienone is 3. The molecule has 0 fully saturated rings. The smallest absolute Gasteiger partial charge is 0.308 e. The van der Waals surface area contributed by atoms with E-state index in [-0.39, 0.29) is 11.9 Å². The Morgan fingerprint density at radius 3 is 2.50 bits per heavy atom. The van der Waals surface area contributed by atoms with Crippen molar-refractivity contribution in [2.45, 2.75) is 46.5 Å². The molecule has 0 amide bonds. The summed E-state index contributed by atoms with van der Waals surface area (Å²) in [6, 6.07) is 0. The highest BCUT2D eigenvalue weighted by molar-refractivity contribution is 5.71. The number of hydrogen-bond acceptors (Lipinski definition) is 2. The van der Waals surface area contributed by atoms with Gasteiger partial charge in [0.25, 0.3) is 0 Å². The van der Waals surface area contributed by atoms with Crippen LogP contribution in [0.3, 0.4) is 0 Å². The SMILES string of the molecule is CCCCC/C=C/C=C\COC(=O)C(C)C. The summed E-state index contributed by atoms with van der Waals surface area (Å²) >= 11 is 0. The van der Waals surface area contributed by atoms with Gasteiger partial charge >= 0.3 is 5.97 Å². The van der Waals surface area contributed by atoms with E-state index >= 15 is 0 Å². The van der Waals surface area contributed by atoms with Crippen molar-refractivity contribution in [1.82, 2.24) is 0 Å². The Labute approximate surface area is 99.4 Å². The Hall–Kier alpha value is -1.05. The lowest BCUT2D eigenvalue weighted by Crippen LogP contribution is -2.11. The summed E-state index contributed by atoms with van der Waals surface area (Å²) in [4.78, 5) is 11.1. The molecule has 0 aliphatic rings. The van der Waals surface area contributed by atoms with Gasteiger partial charge in [-0.2, -0.15) is 0 Å². The maximum Gasteiger partial charge on any atom is 0.308 e. The summed E-state index contributed by atoms with van der Waals surface area (Å²) in [5.74, 6) is -0.186. The highest BCUT2D eigenvalue weighted by atomic mass is 16.5. The molecule has 0 aromatic heterocycles. The standard InChI is InChI=1S/C14H24O2/c1-4-5-6-7-8-9-10-11-12-16-14(15)13(2)3/h8-11,13H,4-7,12H2,1-3H3/b9-8+,11-10-. The number of rotatable bonds is 8. The van der Waals surface area contributed by atoms with Crippen LogP contribution in [0.5, 0.6) is 0 Å². The van der Waals surface area contributed by atoms with Crippen LogP contribution < -0.4 is 0 Å². The van der Waals surface area contributed by atoms with E-state index in [1.807, 2.05) is 32.1 Å². The second-order valence-corrected chi connectivity index (χ2v) is 4.14. The maximum absolute atomic E-state index is 11.1. The van der Waals surface area contributed by atoms with Crippen LogP contribution in [-0.2, 0) is 9.53 Å². The third-order valence-electron chi connectivity index (χ3n) is 2.15. The zero-order valence-electron chi connectivity index (χ0n) is 10.7. The van der Waals surface area contributed by atoms with Crippen LogP contribution in [0.4, 0.5) is 0 Å². The van der Waals surface area contributed by atoms with Gasteiger partial charge in [-0.05, 0) is 18.9 Å². The molecule has 0 heterocycles. The molecule has 0 radical (unpaired) electrons. The fourth-order valence-corrected chi connectivity index (χ4v) is 1.12. The van der Waals surface area contributed by atoms with Gasteiger partial charge in [0.2, 0.25) is 0 Å². The summed E-state index contributed by atoms with van der Waals surface area (Å²) in [5.41, 5.74) is 0. The van der Waals surface area contributed by atoms with Crippen LogP contribution in [-0.4, -0.2) is 12.6 Å². The third kappa shape index (κ3) is 9.50. The fraction of sp³-hybridized carbons (Fsp3) is 0.643. The molecule has 0 saturated heterocycles. The first-order chi connectivity index (χ1) is 7.68. The number of carbonyl (C=O) groups excluding carboxylic acids is 1. The summed E-state index contributed by atoms with van der Waals surface area (Å²) in [6.07, 6.45) is 12.9. The number of unbranched alkanes of at least 4 members (excludes halogenated alkanes) is 3. The normalized spacial score (nSPS) is 11.8. The van der Waals surface area contributed by atoms with E-state index in [9.17, 15) is 4.79 Å². The van der Waals surface area contributed by atoms with Gasteiger partial charge in [0, 0.05) is 0 Å².